The normalized spacial score (nSPS) is 10.3. The molecule has 0 saturated carbocycles. The molecule has 0 aliphatic rings. The van der Waals surface area contributed by atoms with Gasteiger partial charge in [-0.25, -0.2) is 0 Å². The number of rotatable bonds is 2. The van der Waals surface area contributed by atoms with Gasteiger partial charge in [-0.3, -0.25) is 4.98 Å². The predicted molar refractivity (Wildman–Crippen MR) is 76.3 cm³/mol. The van der Waals surface area contributed by atoms with Gasteiger partial charge < -0.3 is 12.6 Å². The smallest absolute Gasteiger partial charge is 0.119 e. The lowest BCUT2D eigenvalue weighted by atomic mass is 10.0. The molecule has 1 heterocycles. The molecular formula is C15H10N3S-. The van der Waals surface area contributed by atoms with Crippen molar-refractivity contribution >= 4 is 12.6 Å². The molecule has 3 nitrogen and oxygen atoms in total. The molecule has 3 rings (SSSR count). The van der Waals surface area contributed by atoms with Crippen molar-refractivity contribution in [1.29, 1.82) is 0 Å². The van der Waals surface area contributed by atoms with Gasteiger partial charge in [0.15, 0.2) is 0 Å². The maximum Gasteiger partial charge on any atom is 0.119 e. The third-order valence-electron chi connectivity index (χ3n) is 2.76. The van der Waals surface area contributed by atoms with Gasteiger partial charge in [-0.15, -0.1) is 5.10 Å². The molecule has 0 spiro atoms. The van der Waals surface area contributed by atoms with Gasteiger partial charge in [0, 0.05) is 16.3 Å². The first-order valence-corrected chi connectivity index (χ1v) is 6.28. The molecule has 0 unspecified atom stereocenters. The Balaban J connectivity index is 2.21. The fraction of sp³-hybridized carbons (Fsp3) is 0. The number of hydrogen-bond donors (Lipinski definition) is 0. The highest BCUT2D eigenvalue weighted by Crippen LogP contribution is 2.27. The molecule has 3 aromatic rings. The summed E-state index contributed by atoms with van der Waals surface area (Å²) in [7, 11) is 0. The molecule has 0 bridgehead atoms. The van der Waals surface area contributed by atoms with Gasteiger partial charge in [-0.2, -0.15) is 5.10 Å². The first-order valence-electron chi connectivity index (χ1n) is 5.87. The Labute approximate surface area is 116 Å². The van der Waals surface area contributed by atoms with Crippen LogP contribution in [0.3, 0.4) is 0 Å². The van der Waals surface area contributed by atoms with E-state index >= 15 is 0 Å². The van der Waals surface area contributed by atoms with Crippen LogP contribution in [-0.2, 0) is 12.6 Å². The van der Waals surface area contributed by atoms with E-state index in [0.29, 0.717) is 0 Å². The van der Waals surface area contributed by atoms with Crippen LogP contribution in [0.15, 0.2) is 65.8 Å². The second kappa shape index (κ2) is 5.12. The molecular weight excluding hydrogens is 254 g/mol. The zero-order valence-corrected chi connectivity index (χ0v) is 10.8. The van der Waals surface area contributed by atoms with Gasteiger partial charge >= 0.3 is 0 Å². The molecule has 1 aromatic heterocycles. The fourth-order valence-electron chi connectivity index (χ4n) is 1.90. The van der Waals surface area contributed by atoms with Crippen molar-refractivity contribution in [2.75, 3.05) is 0 Å². The van der Waals surface area contributed by atoms with E-state index in [-0.39, 0.29) is 5.16 Å². The van der Waals surface area contributed by atoms with Crippen LogP contribution in [0.2, 0.25) is 0 Å². The Morgan fingerprint density at radius 3 is 1.74 bits per heavy atom. The first kappa shape index (κ1) is 11.7. The van der Waals surface area contributed by atoms with E-state index in [9.17, 15) is 0 Å². The van der Waals surface area contributed by atoms with Crippen LogP contribution in [-0.4, -0.2) is 15.2 Å². The molecule has 0 atom stereocenters. The maximum atomic E-state index is 5.02. The molecule has 92 valence electrons. The van der Waals surface area contributed by atoms with E-state index in [1.54, 1.807) is 0 Å². The maximum absolute atomic E-state index is 5.02. The van der Waals surface area contributed by atoms with Crippen molar-refractivity contribution in [1.82, 2.24) is 15.2 Å². The lowest BCUT2D eigenvalue weighted by molar-refractivity contribution is 0.853. The molecule has 0 saturated heterocycles. The molecule has 0 radical (unpaired) electrons. The van der Waals surface area contributed by atoms with E-state index in [1.807, 2.05) is 60.7 Å². The Bertz CT molecular complexity index is 684. The van der Waals surface area contributed by atoms with Gasteiger partial charge in [0.25, 0.3) is 0 Å². The van der Waals surface area contributed by atoms with E-state index in [1.165, 1.54) is 0 Å². The summed E-state index contributed by atoms with van der Waals surface area (Å²) in [5.74, 6) is 0. The summed E-state index contributed by atoms with van der Waals surface area (Å²) in [5, 5.41) is 8.37. The summed E-state index contributed by atoms with van der Waals surface area (Å²) in [5.41, 5.74) is 3.49. The summed E-state index contributed by atoms with van der Waals surface area (Å²) in [6, 6.07) is 19.8. The van der Waals surface area contributed by atoms with E-state index in [2.05, 4.69) is 15.2 Å². The summed E-state index contributed by atoms with van der Waals surface area (Å²) in [4.78, 5) is 4.36. The van der Waals surface area contributed by atoms with Crippen LogP contribution in [0.5, 0.6) is 0 Å². The van der Waals surface area contributed by atoms with Crippen LogP contribution < -0.4 is 0 Å². The van der Waals surface area contributed by atoms with Crippen molar-refractivity contribution < 1.29 is 0 Å². The van der Waals surface area contributed by atoms with Gasteiger partial charge in [-0.05, 0) is 0 Å². The largest absolute Gasteiger partial charge is 0.738 e. The van der Waals surface area contributed by atoms with E-state index < -0.39 is 0 Å². The topological polar surface area (TPSA) is 38.7 Å². The van der Waals surface area contributed by atoms with Crippen LogP contribution >= 0.6 is 0 Å². The van der Waals surface area contributed by atoms with Gasteiger partial charge in [0.05, 0.1) is 5.69 Å². The molecule has 0 fully saturated rings. The minimum absolute atomic E-state index is 0.263. The molecule has 0 amide bonds. The molecule has 0 aliphatic carbocycles. The SMILES string of the molecule is [S-]c1nnc(-c2ccccc2)c(-c2ccccc2)n1. The summed E-state index contributed by atoms with van der Waals surface area (Å²) in [6.45, 7) is 0. The number of hydrogen-bond acceptors (Lipinski definition) is 4. The Hall–Kier alpha value is -2.33. The predicted octanol–water partition coefficient (Wildman–Crippen LogP) is 3.11. The molecule has 0 N–H and O–H groups in total. The lowest BCUT2D eigenvalue weighted by Gasteiger charge is -2.11. The lowest BCUT2D eigenvalue weighted by Crippen LogP contribution is -1.98. The highest BCUT2D eigenvalue weighted by molar-refractivity contribution is 7.58. The summed E-state index contributed by atoms with van der Waals surface area (Å²) < 4.78 is 0. The zero-order valence-electron chi connectivity index (χ0n) is 10.0. The summed E-state index contributed by atoms with van der Waals surface area (Å²) >= 11 is 5.02. The van der Waals surface area contributed by atoms with Crippen molar-refractivity contribution in [2.45, 2.75) is 5.16 Å². The minimum Gasteiger partial charge on any atom is -0.738 e. The van der Waals surface area contributed by atoms with Gasteiger partial charge in [-0.1, -0.05) is 60.7 Å². The van der Waals surface area contributed by atoms with Crippen LogP contribution in [0.4, 0.5) is 0 Å². The average Bonchev–Trinajstić information content (AvgIpc) is 2.49. The Morgan fingerprint density at radius 2 is 1.16 bits per heavy atom. The van der Waals surface area contributed by atoms with E-state index in [4.69, 9.17) is 12.6 Å². The fourth-order valence-corrected chi connectivity index (χ4v) is 2.03. The second-order valence-corrected chi connectivity index (χ2v) is 4.39. The van der Waals surface area contributed by atoms with Gasteiger partial charge in [0.1, 0.15) is 5.69 Å². The number of benzene rings is 2. The highest BCUT2D eigenvalue weighted by atomic mass is 32.1. The summed E-state index contributed by atoms with van der Waals surface area (Å²) in [6.07, 6.45) is 0. The average molecular weight is 264 g/mol. The zero-order chi connectivity index (χ0) is 13.1. The first-order chi connectivity index (χ1) is 9.34. The quantitative estimate of drug-likeness (QED) is 0.667. The van der Waals surface area contributed by atoms with Crippen LogP contribution in [0.1, 0.15) is 0 Å². The van der Waals surface area contributed by atoms with Crippen molar-refractivity contribution in [3.8, 4) is 22.5 Å². The van der Waals surface area contributed by atoms with E-state index in [0.717, 1.165) is 22.5 Å². The number of aromatic nitrogens is 3. The second-order valence-electron chi connectivity index (χ2n) is 4.02. The standard InChI is InChI=1S/C15H11N3S/c19-15-16-13(11-7-3-1-4-8-11)14(17-18-15)12-9-5-2-6-10-12/h1-10H,(H,16,18,19)/p-1. The van der Waals surface area contributed by atoms with Crippen molar-refractivity contribution in [3.05, 3.63) is 60.7 Å². The third-order valence-corrected chi connectivity index (χ3v) is 2.93. The minimum atomic E-state index is 0.263. The molecule has 0 aliphatic heterocycles. The third kappa shape index (κ3) is 2.44. The Morgan fingerprint density at radius 1 is 0.632 bits per heavy atom. The molecule has 2 aromatic carbocycles. The van der Waals surface area contributed by atoms with Crippen LogP contribution in [0, 0.1) is 0 Å². The highest BCUT2D eigenvalue weighted by Gasteiger charge is 2.10. The number of nitrogens with zero attached hydrogens (tertiary/aromatic N) is 3. The van der Waals surface area contributed by atoms with Crippen molar-refractivity contribution in [2.24, 2.45) is 0 Å². The Kier molecular flexibility index (Phi) is 3.16. The molecule has 19 heavy (non-hydrogen) atoms. The monoisotopic (exact) mass is 264 g/mol. The van der Waals surface area contributed by atoms with Crippen molar-refractivity contribution in [3.63, 3.8) is 0 Å². The van der Waals surface area contributed by atoms with Crippen LogP contribution in [0.25, 0.3) is 22.5 Å². The van der Waals surface area contributed by atoms with Gasteiger partial charge in [0.2, 0.25) is 0 Å². The molecule has 4 heteroatoms.